The number of rotatable bonds is 8. The average molecular weight is 419 g/mol. The molecule has 0 aliphatic carbocycles. The van der Waals surface area contributed by atoms with Crippen LogP contribution in [0.25, 0.3) is 0 Å². The lowest BCUT2D eigenvalue weighted by molar-refractivity contribution is 0.0936. The fraction of sp³-hybridized carbons (Fsp3) is 0.167. The summed E-state index contributed by atoms with van der Waals surface area (Å²) in [5, 5.41) is 5.58. The Labute approximate surface area is 181 Å². The normalized spacial score (nSPS) is 11.3. The highest BCUT2D eigenvalue weighted by molar-refractivity contribution is 5.95. The number of carbonyl (C=O) groups excluding carboxylic acids is 2. The predicted octanol–water partition coefficient (Wildman–Crippen LogP) is 3.91. The molecule has 7 heteroatoms. The van der Waals surface area contributed by atoms with E-state index in [4.69, 9.17) is 15.2 Å². The average Bonchev–Trinajstić information content (AvgIpc) is 2.79. The smallest absolute Gasteiger partial charge is 0.316 e. The van der Waals surface area contributed by atoms with Gasteiger partial charge in [-0.25, -0.2) is 4.79 Å². The van der Waals surface area contributed by atoms with Crippen LogP contribution in [0, 0.1) is 0 Å². The van der Waals surface area contributed by atoms with Crippen LogP contribution in [0.5, 0.6) is 11.5 Å². The van der Waals surface area contributed by atoms with E-state index in [9.17, 15) is 9.59 Å². The zero-order chi connectivity index (χ0) is 22.2. The zero-order valence-electron chi connectivity index (χ0n) is 17.4. The molecule has 0 heterocycles. The van der Waals surface area contributed by atoms with Gasteiger partial charge in [0.15, 0.2) is 0 Å². The summed E-state index contributed by atoms with van der Waals surface area (Å²) in [6.07, 6.45) is 0.601. The van der Waals surface area contributed by atoms with Gasteiger partial charge in [-0.2, -0.15) is 0 Å². The van der Waals surface area contributed by atoms with Gasteiger partial charge in [0.05, 0.1) is 20.3 Å². The van der Waals surface area contributed by atoms with Crippen molar-refractivity contribution in [3.8, 4) is 11.5 Å². The Morgan fingerprint density at radius 1 is 0.839 bits per heavy atom. The summed E-state index contributed by atoms with van der Waals surface area (Å²) in [7, 11) is 3.24. The molecule has 4 N–H and O–H groups in total. The van der Waals surface area contributed by atoms with Gasteiger partial charge in [-0.1, -0.05) is 24.3 Å². The van der Waals surface area contributed by atoms with Crippen LogP contribution in [0.3, 0.4) is 0 Å². The molecular formula is C24H25N3O4. The van der Waals surface area contributed by atoms with Crippen LogP contribution in [0.2, 0.25) is 0 Å². The van der Waals surface area contributed by atoms with Crippen molar-refractivity contribution in [2.45, 2.75) is 12.5 Å². The summed E-state index contributed by atoms with van der Waals surface area (Å²) in [6.45, 7) is 0. The molecule has 0 radical (unpaired) electrons. The van der Waals surface area contributed by atoms with Crippen LogP contribution in [0.1, 0.15) is 27.5 Å². The minimum absolute atomic E-state index is 0.222. The molecule has 0 saturated carbocycles. The van der Waals surface area contributed by atoms with Gasteiger partial charge < -0.3 is 25.8 Å². The van der Waals surface area contributed by atoms with Crippen molar-refractivity contribution >= 4 is 17.6 Å². The highest BCUT2D eigenvalue weighted by Gasteiger charge is 2.17. The molecule has 3 rings (SSSR count). The SMILES string of the molecule is COc1ccc(C[C@@H](NC(=O)c2ccc(NC(N)=O)cc2)c2ccc(OC)cc2)cc1. The second-order valence-electron chi connectivity index (χ2n) is 6.92. The highest BCUT2D eigenvalue weighted by Crippen LogP contribution is 2.23. The molecule has 7 nitrogen and oxygen atoms in total. The molecule has 1 atom stereocenters. The van der Waals surface area contributed by atoms with Crippen molar-refractivity contribution in [1.29, 1.82) is 0 Å². The monoisotopic (exact) mass is 419 g/mol. The number of methoxy groups -OCH3 is 2. The van der Waals surface area contributed by atoms with Gasteiger partial charge in [-0.05, 0) is 66.1 Å². The molecule has 0 aliphatic rings. The molecule has 160 valence electrons. The third kappa shape index (κ3) is 5.99. The van der Waals surface area contributed by atoms with Crippen molar-refractivity contribution in [3.63, 3.8) is 0 Å². The van der Waals surface area contributed by atoms with Crippen LogP contribution >= 0.6 is 0 Å². The van der Waals surface area contributed by atoms with Crippen LogP contribution in [-0.4, -0.2) is 26.2 Å². The van der Waals surface area contributed by atoms with E-state index in [0.717, 1.165) is 22.6 Å². The van der Waals surface area contributed by atoms with Gasteiger partial charge in [0.25, 0.3) is 5.91 Å². The molecule has 0 aromatic heterocycles. The lowest BCUT2D eigenvalue weighted by atomic mass is 9.98. The van der Waals surface area contributed by atoms with E-state index < -0.39 is 6.03 Å². The van der Waals surface area contributed by atoms with Crippen molar-refractivity contribution in [3.05, 3.63) is 89.5 Å². The third-order valence-corrected chi connectivity index (χ3v) is 4.84. The fourth-order valence-electron chi connectivity index (χ4n) is 3.17. The minimum atomic E-state index is -0.656. The summed E-state index contributed by atoms with van der Waals surface area (Å²) in [4.78, 5) is 23.9. The maximum absolute atomic E-state index is 12.9. The van der Waals surface area contributed by atoms with E-state index in [2.05, 4.69) is 10.6 Å². The van der Waals surface area contributed by atoms with Crippen molar-refractivity contribution < 1.29 is 19.1 Å². The first-order chi connectivity index (χ1) is 15.0. The first kappa shape index (κ1) is 21.7. The van der Waals surface area contributed by atoms with E-state index in [0.29, 0.717) is 17.7 Å². The summed E-state index contributed by atoms with van der Waals surface area (Å²) in [5.41, 5.74) is 8.13. The van der Waals surface area contributed by atoms with E-state index >= 15 is 0 Å². The topological polar surface area (TPSA) is 103 Å². The Hall–Kier alpha value is -4.00. The molecule has 0 unspecified atom stereocenters. The highest BCUT2D eigenvalue weighted by atomic mass is 16.5. The number of amides is 3. The number of ether oxygens (including phenoxy) is 2. The number of nitrogens with two attached hydrogens (primary N) is 1. The molecule has 0 aliphatic heterocycles. The van der Waals surface area contributed by atoms with Gasteiger partial charge in [-0.15, -0.1) is 0 Å². The summed E-state index contributed by atoms with van der Waals surface area (Å²) in [5.74, 6) is 1.30. The summed E-state index contributed by atoms with van der Waals surface area (Å²) < 4.78 is 10.5. The van der Waals surface area contributed by atoms with Crippen molar-refractivity contribution in [1.82, 2.24) is 5.32 Å². The van der Waals surface area contributed by atoms with Gasteiger partial charge in [0.2, 0.25) is 0 Å². The van der Waals surface area contributed by atoms with Crippen LogP contribution < -0.4 is 25.8 Å². The van der Waals surface area contributed by atoms with E-state index in [-0.39, 0.29) is 11.9 Å². The molecule has 0 fully saturated rings. The van der Waals surface area contributed by atoms with Gasteiger partial charge in [0, 0.05) is 11.3 Å². The number of benzene rings is 3. The second kappa shape index (κ2) is 10.2. The number of nitrogens with one attached hydrogen (secondary N) is 2. The van der Waals surface area contributed by atoms with Crippen LogP contribution in [0.4, 0.5) is 10.5 Å². The first-order valence-electron chi connectivity index (χ1n) is 9.72. The molecule has 31 heavy (non-hydrogen) atoms. The number of carbonyl (C=O) groups is 2. The van der Waals surface area contributed by atoms with E-state index in [1.165, 1.54) is 0 Å². The molecular weight excluding hydrogens is 394 g/mol. The third-order valence-electron chi connectivity index (χ3n) is 4.84. The Morgan fingerprint density at radius 3 is 1.90 bits per heavy atom. The molecule has 0 spiro atoms. The standard InChI is InChI=1S/C24H25N3O4/c1-30-20-11-3-16(4-12-20)15-22(17-7-13-21(31-2)14-8-17)27-23(28)18-5-9-19(10-6-18)26-24(25)29/h3-14,22H,15H2,1-2H3,(H,27,28)(H3,25,26,29)/t22-/m1/s1. The number of primary amides is 1. The Morgan fingerprint density at radius 2 is 1.39 bits per heavy atom. The number of anilines is 1. The largest absolute Gasteiger partial charge is 0.497 e. The van der Waals surface area contributed by atoms with Crippen LogP contribution in [-0.2, 0) is 6.42 Å². The molecule has 3 amide bonds. The Bertz CT molecular complexity index is 1020. The van der Waals surface area contributed by atoms with Gasteiger partial charge in [-0.3, -0.25) is 4.79 Å². The summed E-state index contributed by atoms with van der Waals surface area (Å²) in [6, 6.07) is 21.0. The van der Waals surface area contributed by atoms with Crippen molar-refractivity contribution in [2.24, 2.45) is 5.73 Å². The van der Waals surface area contributed by atoms with Crippen molar-refractivity contribution in [2.75, 3.05) is 19.5 Å². The Kier molecular flexibility index (Phi) is 7.11. The van der Waals surface area contributed by atoms with E-state index in [1.54, 1.807) is 38.5 Å². The zero-order valence-corrected chi connectivity index (χ0v) is 17.4. The predicted molar refractivity (Wildman–Crippen MR) is 120 cm³/mol. The summed E-state index contributed by atoms with van der Waals surface area (Å²) >= 11 is 0. The number of hydrogen-bond acceptors (Lipinski definition) is 4. The fourth-order valence-corrected chi connectivity index (χ4v) is 3.17. The molecule has 0 saturated heterocycles. The Balaban J connectivity index is 1.80. The second-order valence-corrected chi connectivity index (χ2v) is 6.92. The van der Waals surface area contributed by atoms with Crippen LogP contribution in [0.15, 0.2) is 72.8 Å². The maximum Gasteiger partial charge on any atom is 0.316 e. The first-order valence-corrected chi connectivity index (χ1v) is 9.72. The molecule has 3 aromatic rings. The quantitative estimate of drug-likeness (QED) is 0.515. The molecule has 0 bridgehead atoms. The van der Waals surface area contributed by atoms with Gasteiger partial charge >= 0.3 is 6.03 Å². The molecule has 3 aromatic carbocycles. The minimum Gasteiger partial charge on any atom is -0.497 e. The number of urea groups is 1. The maximum atomic E-state index is 12.9. The lowest BCUT2D eigenvalue weighted by Crippen LogP contribution is -2.30. The number of hydrogen-bond donors (Lipinski definition) is 3. The van der Waals surface area contributed by atoms with E-state index in [1.807, 2.05) is 48.5 Å². The lowest BCUT2D eigenvalue weighted by Gasteiger charge is -2.20. The van der Waals surface area contributed by atoms with Gasteiger partial charge in [0.1, 0.15) is 11.5 Å².